The number of piperidine rings is 1. The molecule has 3 aliphatic rings. The molecule has 1 saturated carbocycles. The molecule has 0 amide bonds. The predicted octanol–water partition coefficient (Wildman–Crippen LogP) is 5.57. The first-order valence-electron chi connectivity index (χ1n) is 11.5. The average Bonchev–Trinajstić information content (AvgIpc) is 3.14. The molecule has 2 saturated heterocycles. The van der Waals surface area contributed by atoms with E-state index in [4.69, 9.17) is 0 Å². The Morgan fingerprint density at radius 1 is 0.880 bits per heavy atom. The third-order valence-electron chi connectivity index (χ3n) is 7.54. The van der Waals surface area contributed by atoms with Crippen LogP contribution in [-0.4, -0.2) is 48.6 Å². The van der Waals surface area contributed by atoms with Crippen molar-refractivity contribution >= 4 is 0 Å². The van der Waals surface area contributed by atoms with Crippen molar-refractivity contribution in [2.24, 2.45) is 16.7 Å². The first-order valence-corrected chi connectivity index (χ1v) is 11.5. The fraction of sp³-hybridized carbons (Fsp3) is 1.00. The van der Waals surface area contributed by atoms with Crippen molar-refractivity contribution in [2.45, 2.75) is 97.9 Å². The number of likely N-dealkylation sites (tertiary alicyclic amines) is 2. The van der Waals surface area contributed by atoms with Crippen LogP contribution in [0.4, 0.5) is 0 Å². The van der Waals surface area contributed by atoms with Gasteiger partial charge < -0.3 is 4.90 Å². The summed E-state index contributed by atoms with van der Waals surface area (Å²) in [4.78, 5) is 5.69. The summed E-state index contributed by atoms with van der Waals surface area (Å²) in [6.07, 6.45) is 14.4. The summed E-state index contributed by atoms with van der Waals surface area (Å²) < 4.78 is 0. The Bertz CT molecular complexity index is 396. The molecule has 146 valence electrons. The van der Waals surface area contributed by atoms with E-state index < -0.39 is 0 Å². The summed E-state index contributed by atoms with van der Waals surface area (Å²) >= 11 is 0. The topological polar surface area (TPSA) is 6.48 Å². The lowest BCUT2D eigenvalue weighted by atomic mass is 9.71. The lowest BCUT2D eigenvalue weighted by molar-refractivity contribution is 0.0593. The summed E-state index contributed by atoms with van der Waals surface area (Å²) in [5, 5.41) is 0. The molecule has 0 spiro atoms. The lowest BCUT2D eigenvalue weighted by Gasteiger charge is -2.44. The molecule has 0 radical (unpaired) electrons. The molecule has 1 atom stereocenters. The predicted molar refractivity (Wildman–Crippen MR) is 109 cm³/mol. The van der Waals surface area contributed by atoms with Gasteiger partial charge in [0.25, 0.3) is 0 Å². The van der Waals surface area contributed by atoms with Gasteiger partial charge in [-0.15, -0.1) is 0 Å². The van der Waals surface area contributed by atoms with Crippen molar-refractivity contribution in [3.05, 3.63) is 0 Å². The summed E-state index contributed by atoms with van der Waals surface area (Å²) in [6, 6.07) is 0.858. The van der Waals surface area contributed by atoms with Crippen LogP contribution in [0.25, 0.3) is 0 Å². The molecular formula is C23H44N2. The summed E-state index contributed by atoms with van der Waals surface area (Å²) in [6.45, 7) is 16.4. The maximum Gasteiger partial charge on any atom is 0.0235 e. The number of hydrogen-bond donors (Lipinski definition) is 0. The van der Waals surface area contributed by atoms with Gasteiger partial charge in [0.15, 0.2) is 0 Å². The Hall–Kier alpha value is -0.0800. The zero-order chi connectivity index (χ0) is 17.9. The van der Waals surface area contributed by atoms with Crippen molar-refractivity contribution in [3.8, 4) is 0 Å². The molecule has 0 aromatic rings. The second-order valence-corrected chi connectivity index (χ2v) is 10.3. The number of hydrogen-bond acceptors (Lipinski definition) is 2. The van der Waals surface area contributed by atoms with E-state index in [1.807, 2.05) is 0 Å². The normalized spacial score (nSPS) is 29.4. The molecular weight excluding hydrogens is 304 g/mol. The van der Waals surface area contributed by atoms with Crippen LogP contribution in [0.1, 0.15) is 91.9 Å². The largest absolute Gasteiger partial charge is 0.301 e. The zero-order valence-electron chi connectivity index (χ0n) is 17.7. The molecule has 2 heteroatoms. The summed E-state index contributed by atoms with van der Waals surface area (Å²) in [7, 11) is 0. The Balaban J connectivity index is 1.45. The van der Waals surface area contributed by atoms with Gasteiger partial charge in [-0.25, -0.2) is 0 Å². The molecule has 1 aliphatic carbocycles. The average molecular weight is 349 g/mol. The van der Waals surface area contributed by atoms with Crippen molar-refractivity contribution < 1.29 is 0 Å². The minimum atomic E-state index is 0.688. The van der Waals surface area contributed by atoms with Gasteiger partial charge in [-0.05, 0) is 87.7 Å². The van der Waals surface area contributed by atoms with Crippen molar-refractivity contribution in [3.63, 3.8) is 0 Å². The van der Waals surface area contributed by atoms with Gasteiger partial charge in [0.05, 0.1) is 0 Å². The minimum Gasteiger partial charge on any atom is -0.301 e. The second kappa shape index (κ2) is 8.30. The van der Waals surface area contributed by atoms with Crippen LogP contribution < -0.4 is 0 Å². The fourth-order valence-electron chi connectivity index (χ4n) is 6.25. The Labute approximate surface area is 157 Å². The molecule has 0 aromatic carbocycles. The van der Waals surface area contributed by atoms with Gasteiger partial charge in [-0.1, -0.05) is 40.5 Å². The van der Waals surface area contributed by atoms with Gasteiger partial charge in [-0.2, -0.15) is 0 Å². The van der Waals surface area contributed by atoms with Crippen LogP contribution in [-0.2, 0) is 0 Å². The van der Waals surface area contributed by atoms with E-state index in [0.29, 0.717) is 10.8 Å². The van der Waals surface area contributed by atoms with E-state index in [9.17, 15) is 0 Å². The zero-order valence-corrected chi connectivity index (χ0v) is 17.7. The van der Waals surface area contributed by atoms with E-state index in [-0.39, 0.29) is 0 Å². The molecule has 2 nitrogen and oxygen atoms in total. The minimum absolute atomic E-state index is 0.688. The second-order valence-electron chi connectivity index (χ2n) is 10.3. The quantitative estimate of drug-likeness (QED) is 0.537. The Morgan fingerprint density at radius 3 is 2.04 bits per heavy atom. The monoisotopic (exact) mass is 348 g/mol. The molecule has 1 unspecified atom stereocenters. The highest BCUT2D eigenvalue weighted by Gasteiger charge is 2.45. The van der Waals surface area contributed by atoms with Crippen LogP contribution in [0, 0.1) is 16.7 Å². The van der Waals surface area contributed by atoms with Gasteiger partial charge in [0, 0.05) is 19.1 Å². The van der Waals surface area contributed by atoms with Gasteiger partial charge in [0.2, 0.25) is 0 Å². The van der Waals surface area contributed by atoms with Crippen LogP contribution in [0.2, 0.25) is 0 Å². The molecule has 25 heavy (non-hydrogen) atoms. The van der Waals surface area contributed by atoms with E-state index in [1.54, 1.807) is 0 Å². The first kappa shape index (κ1) is 19.7. The maximum atomic E-state index is 2.87. The maximum absolute atomic E-state index is 2.87. The molecule has 0 aromatic heterocycles. The molecule has 2 heterocycles. The third-order valence-corrected chi connectivity index (χ3v) is 7.54. The van der Waals surface area contributed by atoms with Crippen molar-refractivity contribution in [1.82, 2.24) is 9.80 Å². The van der Waals surface area contributed by atoms with E-state index in [2.05, 4.69) is 37.5 Å². The third kappa shape index (κ3) is 5.01. The Kier molecular flexibility index (Phi) is 6.53. The fourth-order valence-corrected chi connectivity index (χ4v) is 6.25. The smallest absolute Gasteiger partial charge is 0.0235 e. The van der Waals surface area contributed by atoms with Crippen molar-refractivity contribution in [1.29, 1.82) is 0 Å². The molecule has 0 N–H and O–H groups in total. The summed E-state index contributed by atoms with van der Waals surface area (Å²) in [5.41, 5.74) is 1.40. The van der Waals surface area contributed by atoms with E-state index in [1.165, 1.54) is 96.9 Å². The van der Waals surface area contributed by atoms with Crippen LogP contribution in [0.3, 0.4) is 0 Å². The van der Waals surface area contributed by atoms with Gasteiger partial charge in [0.1, 0.15) is 0 Å². The lowest BCUT2D eigenvalue weighted by Crippen LogP contribution is -2.46. The van der Waals surface area contributed by atoms with Crippen molar-refractivity contribution in [2.75, 3.05) is 32.7 Å². The van der Waals surface area contributed by atoms with E-state index >= 15 is 0 Å². The molecule has 3 fully saturated rings. The standard InChI is InChI=1S/C23H44N2/c1-5-8-22(9-6-2)12-15-25(16-13-22)21-7-14-24(18-21)19-23(10-11-23)17-20(3)4/h20-21H,5-19H2,1-4H3. The number of nitrogens with zero attached hydrogens (tertiary/aromatic N) is 2. The number of rotatable bonds is 9. The van der Waals surface area contributed by atoms with Gasteiger partial charge >= 0.3 is 0 Å². The van der Waals surface area contributed by atoms with Crippen LogP contribution in [0.15, 0.2) is 0 Å². The first-order chi connectivity index (χ1) is 12.0. The summed E-state index contributed by atoms with van der Waals surface area (Å²) in [5.74, 6) is 0.869. The molecule has 3 rings (SSSR count). The molecule has 0 bridgehead atoms. The van der Waals surface area contributed by atoms with Gasteiger partial charge in [-0.3, -0.25) is 4.90 Å². The highest BCUT2D eigenvalue weighted by Crippen LogP contribution is 2.51. The van der Waals surface area contributed by atoms with E-state index in [0.717, 1.165) is 12.0 Å². The van der Waals surface area contributed by atoms with Crippen LogP contribution >= 0.6 is 0 Å². The SMILES string of the molecule is CCCC1(CCC)CCN(C2CCN(CC3(CC(C)C)CC3)C2)CC1. The Morgan fingerprint density at radius 2 is 1.52 bits per heavy atom. The van der Waals surface area contributed by atoms with Crippen LogP contribution in [0.5, 0.6) is 0 Å². The highest BCUT2D eigenvalue weighted by atomic mass is 15.3. The molecule has 2 aliphatic heterocycles. The highest BCUT2D eigenvalue weighted by molar-refractivity contribution is 4.98.